The van der Waals surface area contributed by atoms with E-state index in [2.05, 4.69) is 5.32 Å². The molecule has 2 aliphatic rings. The van der Waals surface area contributed by atoms with Crippen molar-refractivity contribution in [2.45, 2.75) is 17.9 Å². The van der Waals surface area contributed by atoms with Gasteiger partial charge >= 0.3 is 11.0 Å². The number of sulfone groups is 1. The van der Waals surface area contributed by atoms with E-state index in [1.165, 1.54) is 6.07 Å². The molecule has 1 aromatic heterocycles. The first kappa shape index (κ1) is 14.6. The molecule has 0 radical (unpaired) electrons. The number of pyridine rings is 1. The topological polar surface area (TPSA) is 99.4 Å². The summed E-state index contributed by atoms with van der Waals surface area (Å²) in [5, 5.41) is 14.6. The fourth-order valence-corrected chi connectivity index (χ4v) is 3.81. The second kappa shape index (κ2) is 4.84. The van der Waals surface area contributed by atoms with Crippen LogP contribution in [0.3, 0.4) is 0 Å². The predicted octanol–water partition coefficient (Wildman–Crippen LogP) is 0.125. The number of esters is 1. The summed E-state index contributed by atoms with van der Waals surface area (Å²) in [7, 11) is -3.75. The first-order valence-electron chi connectivity index (χ1n) is 6.57. The zero-order valence-corrected chi connectivity index (χ0v) is 12.8. The molecule has 1 aromatic rings. The number of allylic oxidation sites excluding steroid dienone is 2. The monoisotopic (exact) mass is 322 g/mol. The molecule has 0 spiro atoms. The normalized spacial score (nSPS) is 21.1. The largest absolute Gasteiger partial charge is 0.618 e. The van der Waals surface area contributed by atoms with Gasteiger partial charge in [-0.15, -0.1) is 0 Å². The molecule has 0 amide bonds. The number of carbonyl (C=O) groups excluding carboxylic acids is 1. The summed E-state index contributed by atoms with van der Waals surface area (Å²) >= 11 is 0. The van der Waals surface area contributed by atoms with Crippen LogP contribution in [0.2, 0.25) is 0 Å². The van der Waals surface area contributed by atoms with Gasteiger partial charge in [-0.2, -0.15) is 4.73 Å². The molecule has 0 aliphatic carbocycles. The highest BCUT2D eigenvalue weighted by Crippen LogP contribution is 2.37. The van der Waals surface area contributed by atoms with Crippen molar-refractivity contribution in [1.82, 2.24) is 5.32 Å². The molecule has 1 unspecified atom stereocenters. The Bertz CT molecular complexity index is 839. The number of rotatable bonds is 2. The molecule has 0 saturated heterocycles. The third-order valence-corrected chi connectivity index (χ3v) is 4.72. The van der Waals surface area contributed by atoms with Gasteiger partial charge in [0.1, 0.15) is 6.61 Å². The van der Waals surface area contributed by atoms with Gasteiger partial charge in [0.2, 0.25) is 9.84 Å². The van der Waals surface area contributed by atoms with E-state index in [0.29, 0.717) is 16.0 Å². The van der Waals surface area contributed by atoms with Crippen molar-refractivity contribution in [2.24, 2.45) is 0 Å². The third kappa shape index (κ3) is 2.25. The highest BCUT2D eigenvalue weighted by molar-refractivity contribution is 7.90. The minimum Gasteiger partial charge on any atom is -0.618 e. The van der Waals surface area contributed by atoms with E-state index in [1.54, 1.807) is 19.1 Å². The molecule has 1 atom stereocenters. The molecular formula is C14H14N2O5S. The fourth-order valence-electron chi connectivity index (χ4n) is 2.80. The Morgan fingerprint density at radius 2 is 2.18 bits per heavy atom. The van der Waals surface area contributed by atoms with Crippen LogP contribution in [0.15, 0.2) is 46.4 Å². The molecule has 8 heteroatoms. The van der Waals surface area contributed by atoms with Gasteiger partial charge in [-0.05, 0) is 13.0 Å². The fraction of sp³-hybridized carbons (Fsp3) is 0.286. The summed E-state index contributed by atoms with van der Waals surface area (Å²) in [6.45, 7) is 1.92. The third-order valence-electron chi connectivity index (χ3n) is 3.60. The van der Waals surface area contributed by atoms with Crippen molar-refractivity contribution in [3.8, 4) is 0 Å². The number of carbonyl (C=O) groups is 1. The Morgan fingerprint density at radius 3 is 2.86 bits per heavy atom. The average molecular weight is 322 g/mol. The molecule has 3 heterocycles. The van der Waals surface area contributed by atoms with Gasteiger partial charge < -0.3 is 15.3 Å². The van der Waals surface area contributed by atoms with Gasteiger partial charge in [-0.3, -0.25) is 0 Å². The van der Waals surface area contributed by atoms with Gasteiger partial charge in [0.05, 0.1) is 11.3 Å². The van der Waals surface area contributed by atoms with Crippen LogP contribution >= 0.6 is 0 Å². The minimum atomic E-state index is -3.75. The van der Waals surface area contributed by atoms with Gasteiger partial charge in [0.15, 0.2) is 6.20 Å². The summed E-state index contributed by atoms with van der Waals surface area (Å²) in [5.74, 6) is -1.13. The quantitative estimate of drug-likeness (QED) is 0.472. The first-order valence-corrected chi connectivity index (χ1v) is 8.46. The number of aromatic nitrogens is 1. The number of ether oxygens (including phenoxy) is 1. The molecule has 0 bridgehead atoms. The van der Waals surface area contributed by atoms with Crippen molar-refractivity contribution in [3.05, 3.63) is 52.1 Å². The highest BCUT2D eigenvalue weighted by Gasteiger charge is 2.38. The maximum atomic E-state index is 12.0. The maximum Gasteiger partial charge on any atom is 0.337 e. The van der Waals surface area contributed by atoms with Crippen molar-refractivity contribution in [2.75, 3.05) is 12.9 Å². The van der Waals surface area contributed by atoms with Gasteiger partial charge in [-0.1, -0.05) is 6.08 Å². The van der Waals surface area contributed by atoms with E-state index >= 15 is 0 Å². The lowest BCUT2D eigenvalue weighted by Crippen LogP contribution is -2.36. The molecule has 22 heavy (non-hydrogen) atoms. The maximum absolute atomic E-state index is 12.0. The lowest BCUT2D eigenvalue weighted by molar-refractivity contribution is -0.647. The van der Waals surface area contributed by atoms with Crippen LogP contribution in [-0.2, 0) is 19.4 Å². The molecular weight excluding hydrogens is 308 g/mol. The van der Waals surface area contributed by atoms with Gasteiger partial charge in [0, 0.05) is 29.5 Å². The van der Waals surface area contributed by atoms with Crippen LogP contribution in [0.5, 0.6) is 0 Å². The Hall–Kier alpha value is -2.35. The molecule has 0 saturated carbocycles. The molecule has 7 nitrogen and oxygen atoms in total. The summed E-state index contributed by atoms with van der Waals surface area (Å²) in [4.78, 5) is 12.0. The Kier molecular flexibility index (Phi) is 3.21. The number of hydrogen-bond donors (Lipinski definition) is 1. The zero-order valence-electron chi connectivity index (χ0n) is 12.0. The van der Waals surface area contributed by atoms with Crippen LogP contribution in [0.1, 0.15) is 18.4 Å². The molecule has 0 aromatic carbocycles. The lowest BCUT2D eigenvalue weighted by atomic mass is 9.88. The van der Waals surface area contributed by atoms with Crippen molar-refractivity contribution in [1.29, 1.82) is 0 Å². The summed E-state index contributed by atoms with van der Waals surface area (Å²) in [5.41, 5.74) is 1.99. The highest BCUT2D eigenvalue weighted by atomic mass is 32.2. The number of hydrogen-bond acceptors (Lipinski definition) is 6. The van der Waals surface area contributed by atoms with E-state index in [4.69, 9.17) is 4.74 Å². The first-order chi connectivity index (χ1) is 10.3. The Morgan fingerprint density at radius 1 is 1.45 bits per heavy atom. The minimum absolute atomic E-state index is 0.119. The standard InChI is InChI=1S/C14H14N2O5S/c1-8-6-10(12-11(15-8)7-21-14(12)17)9-4-3-5-16(18)13(9)22(2,19)20/h3-6,10,15H,7H2,1-2H3. The van der Waals surface area contributed by atoms with Crippen molar-refractivity contribution < 1.29 is 22.7 Å². The summed E-state index contributed by atoms with van der Waals surface area (Å²) in [6.07, 6.45) is 3.81. The summed E-state index contributed by atoms with van der Waals surface area (Å²) < 4.78 is 29.3. The van der Waals surface area contributed by atoms with E-state index in [1.807, 2.05) is 0 Å². The van der Waals surface area contributed by atoms with Crippen LogP contribution < -0.4 is 10.0 Å². The van der Waals surface area contributed by atoms with Crippen LogP contribution in [0, 0.1) is 5.21 Å². The average Bonchev–Trinajstić information content (AvgIpc) is 2.77. The Labute approximate surface area is 127 Å². The Balaban J connectivity index is 2.25. The number of nitrogens with one attached hydrogen (secondary N) is 1. The zero-order chi connectivity index (χ0) is 16.1. The number of dihydropyridines is 1. The number of cyclic esters (lactones) is 1. The molecule has 1 N–H and O–H groups in total. The van der Waals surface area contributed by atoms with Crippen molar-refractivity contribution in [3.63, 3.8) is 0 Å². The van der Waals surface area contributed by atoms with Crippen LogP contribution in [-0.4, -0.2) is 27.2 Å². The molecule has 2 aliphatic heterocycles. The lowest BCUT2D eigenvalue weighted by Gasteiger charge is -2.22. The van der Waals surface area contributed by atoms with E-state index in [0.717, 1.165) is 18.1 Å². The van der Waals surface area contributed by atoms with Crippen LogP contribution in [0.4, 0.5) is 0 Å². The second-order valence-electron chi connectivity index (χ2n) is 5.29. The van der Waals surface area contributed by atoms with Gasteiger partial charge in [-0.25, -0.2) is 13.2 Å². The molecule has 3 rings (SSSR count). The SMILES string of the molecule is CC1=CC(c2ccc[n+]([O-])c2S(C)(=O)=O)C2=C(COC2=O)N1. The van der Waals surface area contributed by atoms with E-state index < -0.39 is 21.7 Å². The summed E-state index contributed by atoms with van der Waals surface area (Å²) in [6, 6.07) is 3.00. The second-order valence-corrected chi connectivity index (χ2v) is 7.22. The smallest absolute Gasteiger partial charge is 0.337 e. The molecule has 116 valence electrons. The number of nitrogens with zero attached hydrogens (tertiary/aromatic N) is 1. The van der Waals surface area contributed by atoms with Gasteiger partial charge in [0.25, 0.3) is 0 Å². The predicted molar refractivity (Wildman–Crippen MR) is 76.1 cm³/mol. The van der Waals surface area contributed by atoms with Crippen molar-refractivity contribution >= 4 is 15.8 Å². The van der Waals surface area contributed by atoms with Crippen LogP contribution in [0.25, 0.3) is 0 Å². The van der Waals surface area contributed by atoms with E-state index in [-0.39, 0.29) is 17.2 Å². The molecule has 0 fully saturated rings. The van der Waals surface area contributed by atoms with E-state index in [9.17, 15) is 18.4 Å².